The minimum atomic E-state index is -4.20. The Labute approximate surface area is 212 Å². The Morgan fingerprint density at radius 2 is 1.22 bits per heavy atom. The van der Waals surface area contributed by atoms with Gasteiger partial charge in [-0.15, -0.1) is 0 Å². The van der Waals surface area contributed by atoms with Gasteiger partial charge in [0, 0.05) is 29.2 Å². The van der Waals surface area contributed by atoms with E-state index in [0.29, 0.717) is 16.7 Å². The summed E-state index contributed by atoms with van der Waals surface area (Å²) in [6, 6.07) is 28.9. The lowest BCUT2D eigenvalue weighted by Gasteiger charge is -2.14. The maximum absolute atomic E-state index is 13.1. The van der Waals surface area contributed by atoms with Crippen molar-refractivity contribution in [3.05, 3.63) is 113 Å². The molecule has 0 saturated carbocycles. The fourth-order valence-corrected chi connectivity index (χ4v) is 4.62. The van der Waals surface area contributed by atoms with E-state index < -0.39 is 14.9 Å². The molecule has 0 aliphatic rings. The van der Waals surface area contributed by atoms with Crippen LogP contribution in [0.2, 0.25) is 0 Å². The molecule has 184 valence electrons. The number of rotatable bonds is 8. The van der Waals surface area contributed by atoms with Gasteiger partial charge in [0.2, 0.25) is 0 Å². The highest BCUT2D eigenvalue weighted by atomic mass is 32.2. The molecule has 11 heteroatoms. The summed E-state index contributed by atoms with van der Waals surface area (Å²) in [5.41, 5.74) is 3.17. The van der Waals surface area contributed by atoms with Gasteiger partial charge in [-0.25, -0.2) is 18.4 Å². The van der Waals surface area contributed by atoms with Gasteiger partial charge in [-0.3, -0.25) is 14.8 Å². The first-order valence-corrected chi connectivity index (χ1v) is 12.6. The predicted molar refractivity (Wildman–Crippen MR) is 143 cm³/mol. The SMILES string of the molecule is O=[N+]([O-])c1cccc(S(=O)(=O)Nc2nc3ccccc3nc2Nc2ccc(Nc3ccccc3)cc2)c1. The number of aromatic nitrogens is 2. The van der Waals surface area contributed by atoms with Crippen molar-refractivity contribution in [3.63, 3.8) is 0 Å². The summed E-state index contributed by atoms with van der Waals surface area (Å²) in [5, 5.41) is 17.5. The molecule has 5 rings (SSSR count). The lowest BCUT2D eigenvalue weighted by molar-refractivity contribution is -0.385. The number of nitrogens with zero attached hydrogens (tertiary/aromatic N) is 3. The van der Waals surface area contributed by atoms with E-state index >= 15 is 0 Å². The molecule has 3 N–H and O–H groups in total. The van der Waals surface area contributed by atoms with Crippen LogP contribution in [-0.2, 0) is 10.0 Å². The van der Waals surface area contributed by atoms with Crippen LogP contribution in [0.15, 0.2) is 108 Å². The molecule has 0 amide bonds. The maximum atomic E-state index is 13.1. The molecule has 0 spiro atoms. The van der Waals surface area contributed by atoms with Crippen molar-refractivity contribution in [1.29, 1.82) is 0 Å². The van der Waals surface area contributed by atoms with E-state index in [9.17, 15) is 18.5 Å². The summed E-state index contributed by atoms with van der Waals surface area (Å²) in [5.74, 6) is 0.133. The predicted octanol–water partition coefficient (Wildman–Crippen LogP) is 5.83. The average Bonchev–Trinajstić information content (AvgIpc) is 2.90. The van der Waals surface area contributed by atoms with Gasteiger partial charge in [-0.2, -0.15) is 0 Å². The van der Waals surface area contributed by atoms with E-state index in [1.54, 1.807) is 24.3 Å². The fourth-order valence-electron chi connectivity index (χ4n) is 3.57. The summed E-state index contributed by atoms with van der Waals surface area (Å²) in [6.07, 6.45) is 0. The van der Waals surface area contributed by atoms with E-state index in [2.05, 4.69) is 25.3 Å². The van der Waals surface area contributed by atoms with Gasteiger partial charge in [0.15, 0.2) is 11.6 Å². The number of sulfonamides is 1. The molecule has 10 nitrogen and oxygen atoms in total. The highest BCUT2D eigenvalue weighted by Crippen LogP contribution is 2.29. The second-order valence-electron chi connectivity index (χ2n) is 7.96. The Balaban J connectivity index is 1.46. The normalized spacial score (nSPS) is 11.1. The number of anilines is 5. The number of fused-ring (bicyclic) bond motifs is 1. The number of nitro benzene ring substituents is 1. The van der Waals surface area contributed by atoms with Gasteiger partial charge < -0.3 is 10.6 Å². The molecule has 5 aromatic rings. The molecule has 0 saturated heterocycles. The highest BCUT2D eigenvalue weighted by molar-refractivity contribution is 7.92. The van der Waals surface area contributed by atoms with Crippen LogP contribution in [0.25, 0.3) is 11.0 Å². The molecule has 0 aliphatic heterocycles. The first-order chi connectivity index (χ1) is 17.9. The minimum Gasteiger partial charge on any atom is -0.356 e. The van der Waals surface area contributed by atoms with Crippen LogP contribution in [0.1, 0.15) is 0 Å². The zero-order valence-electron chi connectivity index (χ0n) is 19.2. The topological polar surface area (TPSA) is 139 Å². The summed E-state index contributed by atoms with van der Waals surface area (Å²) in [7, 11) is -4.20. The fraction of sp³-hybridized carbons (Fsp3) is 0. The lowest BCUT2D eigenvalue weighted by Crippen LogP contribution is -2.16. The second kappa shape index (κ2) is 9.91. The van der Waals surface area contributed by atoms with Gasteiger partial charge >= 0.3 is 0 Å². The molecule has 0 unspecified atom stereocenters. The van der Waals surface area contributed by atoms with Crippen molar-refractivity contribution in [2.75, 3.05) is 15.4 Å². The van der Waals surface area contributed by atoms with Crippen LogP contribution in [0.4, 0.5) is 34.4 Å². The van der Waals surface area contributed by atoms with Crippen LogP contribution in [0.5, 0.6) is 0 Å². The third-order valence-electron chi connectivity index (χ3n) is 5.35. The van der Waals surface area contributed by atoms with Gasteiger partial charge in [0.05, 0.1) is 20.9 Å². The van der Waals surface area contributed by atoms with E-state index in [1.165, 1.54) is 18.2 Å². The first kappa shape index (κ1) is 23.7. The van der Waals surface area contributed by atoms with Crippen LogP contribution < -0.4 is 15.4 Å². The van der Waals surface area contributed by atoms with Gasteiger partial charge in [-0.1, -0.05) is 36.4 Å². The Hall–Kier alpha value is -5.03. The van der Waals surface area contributed by atoms with E-state index in [1.807, 2.05) is 54.6 Å². The average molecular weight is 513 g/mol. The molecule has 1 heterocycles. The standard InChI is InChI=1S/C26H20N6O4S/c33-32(34)21-9-6-10-22(17-21)37(35,36)31-26-25(29-23-11-4-5-12-24(23)30-26)28-20-15-13-19(14-16-20)27-18-7-2-1-3-8-18/h1-17,27H,(H,28,29)(H,30,31). The van der Waals surface area contributed by atoms with Gasteiger partial charge in [0.25, 0.3) is 15.7 Å². The van der Waals surface area contributed by atoms with E-state index in [0.717, 1.165) is 17.4 Å². The summed E-state index contributed by atoms with van der Waals surface area (Å²) in [6.45, 7) is 0. The maximum Gasteiger partial charge on any atom is 0.270 e. The van der Waals surface area contributed by atoms with Crippen molar-refractivity contribution < 1.29 is 13.3 Å². The summed E-state index contributed by atoms with van der Waals surface area (Å²) in [4.78, 5) is 19.2. The molecule has 0 radical (unpaired) electrons. The van der Waals surface area contributed by atoms with Crippen LogP contribution in [0, 0.1) is 10.1 Å². The molecule has 0 aliphatic carbocycles. The van der Waals surface area contributed by atoms with Crippen LogP contribution in [0.3, 0.4) is 0 Å². The zero-order valence-corrected chi connectivity index (χ0v) is 20.0. The third kappa shape index (κ3) is 5.46. The minimum absolute atomic E-state index is 0.0447. The number of nitrogens with one attached hydrogen (secondary N) is 3. The highest BCUT2D eigenvalue weighted by Gasteiger charge is 2.21. The molecule has 4 aromatic carbocycles. The van der Waals surface area contributed by atoms with Gasteiger partial charge in [0.1, 0.15) is 0 Å². The quantitative estimate of drug-likeness (QED) is 0.174. The van der Waals surface area contributed by atoms with Crippen molar-refractivity contribution in [2.45, 2.75) is 4.90 Å². The number of benzene rings is 4. The Morgan fingerprint density at radius 1 is 0.649 bits per heavy atom. The Morgan fingerprint density at radius 3 is 1.86 bits per heavy atom. The third-order valence-corrected chi connectivity index (χ3v) is 6.69. The smallest absolute Gasteiger partial charge is 0.270 e. The van der Waals surface area contributed by atoms with Crippen LogP contribution in [-0.4, -0.2) is 23.3 Å². The number of para-hydroxylation sites is 3. The summed E-state index contributed by atoms with van der Waals surface area (Å²) < 4.78 is 28.6. The number of hydrogen-bond donors (Lipinski definition) is 3. The Bertz CT molecular complexity index is 1690. The van der Waals surface area contributed by atoms with Gasteiger partial charge in [-0.05, 0) is 54.6 Å². The zero-order chi connectivity index (χ0) is 25.8. The Kier molecular flexibility index (Phi) is 6.35. The molecule has 1 aromatic heterocycles. The van der Waals surface area contributed by atoms with Crippen molar-refractivity contribution in [2.24, 2.45) is 0 Å². The molecular weight excluding hydrogens is 492 g/mol. The van der Waals surface area contributed by atoms with Crippen molar-refractivity contribution >= 4 is 55.4 Å². The first-order valence-electron chi connectivity index (χ1n) is 11.1. The van der Waals surface area contributed by atoms with Crippen LogP contribution >= 0.6 is 0 Å². The summed E-state index contributed by atoms with van der Waals surface area (Å²) >= 11 is 0. The molecule has 0 atom stereocenters. The van der Waals surface area contributed by atoms with E-state index in [-0.39, 0.29) is 22.2 Å². The largest absolute Gasteiger partial charge is 0.356 e. The molecular formula is C26H20N6O4S. The van der Waals surface area contributed by atoms with Crippen molar-refractivity contribution in [3.8, 4) is 0 Å². The van der Waals surface area contributed by atoms with E-state index in [4.69, 9.17) is 0 Å². The number of hydrogen-bond acceptors (Lipinski definition) is 8. The van der Waals surface area contributed by atoms with Crippen molar-refractivity contribution in [1.82, 2.24) is 9.97 Å². The number of non-ortho nitro benzene ring substituents is 1. The monoisotopic (exact) mass is 512 g/mol. The lowest BCUT2D eigenvalue weighted by atomic mass is 10.2. The second-order valence-corrected chi connectivity index (χ2v) is 9.65. The number of nitro groups is 1. The molecule has 0 bridgehead atoms. The molecule has 0 fully saturated rings. The molecule has 37 heavy (non-hydrogen) atoms.